The van der Waals surface area contributed by atoms with E-state index in [1.54, 1.807) is 54.7 Å². The van der Waals surface area contributed by atoms with Crippen LogP contribution in [0.5, 0.6) is 28.7 Å². The van der Waals surface area contributed by atoms with E-state index in [1.165, 1.54) is 26.4 Å². The van der Waals surface area contributed by atoms with E-state index in [2.05, 4.69) is 15.6 Å². The largest absolute Gasteiger partial charge is 0.494 e. The van der Waals surface area contributed by atoms with Gasteiger partial charge in [-0.25, -0.2) is 4.39 Å². The Hall–Kier alpha value is -4.44. The summed E-state index contributed by atoms with van der Waals surface area (Å²) < 4.78 is 36.8. The van der Waals surface area contributed by atoms with Crippen molar-refractivity contribution in [3.63, 3.8) is 0 Å². The molecular formula is C27H24FN3O5S. The second-order valence-electron chi connectivity index (χ2n) is 7.65. The van der Waals surface area contributed by atoms with Crippen molar-refractivity contribution in [2.45, 2.75) is 6.92 Å². The smallest absolute Gasteiger partial charge is 0.257 e. The van der Waals surface area contributed by atoms with Gasteiger partial charge in [0.2, 0.25) is 0 Å². The molecular weight excluding hydrogens is 497 g/mol. The average molecular weight is 522 g/mol. The maximum atomic E-state index is 14.9. The summed E-state index contributed by atoms with van der Waals surface area (Å²) in [6, 6.07) is 16.0. The molecule has 0 fully saturated rings. The lowest BCUT2D eigenvalue weighted by Gasteiger charge is -2.14. The van der Waals surface area contributed by atoms with Crippen molar-refractivity contribution in [2.24, 2.45) is 0 Å². The second-order valence-corrected chi connectivity index (χ2v) is 8.05. The Labute approximate surface area is 218 Å². The fraction of sp³-hybridized carbons (Fsp3) is 0.148. The molecule has 0 saturated carbocycles. The van der Waals surface area contributed by atoms with Crippen molar-refractivity contribution in [1.82, 2.24) is 10.3 Å². The molecule has 1 heterocycles. The third kappa shape index (κ3) is 6.04. The highest BCUT2D eigenvalue weighted by molar-refractivity contribution is 7.80. The van der Waals surface area contributed by atoms with Gasteiger partial charge in [0.05, 0.1) is 26.3 Å². The Balaban J connectivity index is 1.45. The molecule has 1 amide bonds. The number of pyridine rings is 1. The molecule has 3 aromatic carbocycles. The molecule has 0 radical (unpaired) electrons. The van der Waals surface area contributed by atoms with Crippen LogP contribution in [0.4, 0.5) is 10.1 Å². The van der Waals surface area contributed by atoms with Gasteiger partial charge in [-0.1, -0.05) is 0 Å². The van der Waals surface area contributed by atoms with Gasteiger partial charge >= 0.3 is 0 Å². The number of carbonyl (C=O) groups excluding carboxylic acids is 1. The van der Waals surface area contributed by atoms with E-state index in [-0.39, 0.29) is 10.9 Å². The number of thiocarbonyl (C=S) groups is 1. The SMILES string of the molecule is CCOc1ccc(C(=O)NC(=S)Nc2ccc(Oc3ccnc4cc(OC)c(OC)cc34)c(F)c2)cc1. The summed E-state index contributed by atoms with van der Waals surface area (Å²) in [7, 11) is 3.06. The fourth-order valence-corrected chi connectivity index (χ4v) is 3.73. The Morgan fingerprint density at radius 3 is 2.35 bits per heavy atom. The van der Waals surface area contributed by atoms with Gasteiger partial charge in [0.15, 0.2) is 28.2 Å². The van der Waals surface area contributed by atoms with E-state index in [9.17, 15) is 9.18 Å². The normalized spacial score (nSPS) is 10.5. The first-order valence-electron chi connectivity index (χ1n) is 11.2. The molecule has 10 heteroatoms. The van der Waals surface area contributed by atoms with Gasteiger partial charge in [0, 0.05) is 35.0 Å². The van der Waals surface area contributed by atoms with Crippen molar-refractivity contribution in [1.29, 1.82) is 0 Å². The number of aromatic nitrogens is 1. The van der Waals surface area contributed by atoms with Crippen molar-refractivity contribution in [2.75, 3.05) is 26.1 Å². The zero-order valence-corrected chi connectivity index (χ0v) is 21.1. The molecule has 0 aliphatic heterocycles. The van der Waals surface area contributed by atoms with Crippen LogP contribution in [0.3, 0.4) is 0 Å². The molecule has 0 saturated heterocycles. The molecule has 37 heavy (non-hydrogen) atoms. The third-order valence-electron chi connectivity index (χ3n) is 5.27. The molecule has 0 aliphatic carbocycles. The lowest BCUT2D eigenvalue weighted by molar-refractivity contribution is 0.0977. The van der Waals surface area contributed by atoms with Crippen LogP contribution in [0.2, 0.25) is 0 Å². The van der Waals surface area contributed by atoms with E-state index in [1.807, 2.05) is 6.92 Å². The minimum absolute atomic E-state index is 0.00261. The summed E-state index contributed by atoms with van der Waals surface area (Å²) in [6.07, 6.45) is 1.56. The van der Waals surface area contributed by atoms with Gasteiger partial charge in [0.1, 0.15) is 11.5 Å². The molecule has 1 aromatic heterocycles. The molecule has 4 aromatic rings. The maximum absolute atomic E-state index is 14.9. The van der Waals surface area contributed by atoms with Crippen LogP contribution in [-0.2, 0) is 0 Å². The lowest BCUT2D eigenvalue weighted by atomic mass is 10.2. The molecule has 0 bridgehead atoms. The predicted molar refractivity (Wildman–Crippen MR) is 143 cm³/mol. The van der Waals surface area contributed by atoms with Crippen molar-refractivity contribution < 1.29 is 28.1 Å². The van der Waals surface area contributed by atoms with Gasteiger partial charge in [-0.15, -0.1) is 0 Å². The maximum Gasteiger partial charge on any atom is 0.257 e. The summed E-state index contributed by atoms with van der Waals surface area (Å²) >= 11 is 5.21. The first-order chi connectivity index (χ1) is 17.9. The van der Waals surface area contributed by atoms with Gasteiger partial charge in [-0.3, -0.25) is 15.1 Å². The molecule has 0 atom stereocenters. The molecule has 0 unspecified atom stereocenters. The Morgan fingerprint density at radius 2 is 1.68 bits per heavy atom. The van der Waals surface area contributed by atoms with Crippen LogP contribution in [-0.4, -0.2) is 36.8 Å². The zero-order chi connectivity index (χ0) is 26.4. The van der Waals surface area contributed by atoms with Gasteiger partial charge in [-0.2, -0.15) is 0 Å². The fourth-order valence-electron chi connectivity index (χ4n) is 3.52. The molecule has 0 aliphatic rings. The summed E-state index contributed by atoms with van der Waals surface area (Å²) in [4.78, 5) is 16.8. The third-order valence-corrected chi connectivity index (χ3v) is 5.48. The van der Waals surface area contributed by atoms with Gasteiger partial charge in [-0.05, 0) is 67.7 Å². The van der Waals surface area contributed by atoms with E-state index < -0.39 is 11.7 Å². The van der Waals surface area contributed by atoms with E-state index in [0.717, 1.165) is 0 Å². The Kier molecular flexibility index (Phi) is 7.99. The predicted octanol–water partition coefficient (Wildman–Crippen LogP) is 5.71. The molecule has 0 spiro atoms. The number of amides is 1. The number of ether oxygens (including phenoxy) is 4. The molecule has 4 rings (SSSR count). The van der Waals surface area contributed by atoms with Gasteiger partial charge < -0.3 is 24.3 Å². The molecule has 2 N–H and O–H groups in total. The highest BCUT2D eigenvalue weighted by atomic mass is 32.1. The zero-order valence-electron chi connectivity index (χ0n) is 20.3. The Bertz CT molecular complexity index is 1450. The number of halogens is 1. The second kappa shape index (κ2) is 11.5. The van der Waals surface area contributed by atoms with Crippen molar-refractivity contribution >= 4 is 39.8 Å². The summed E-state index contributed by atoms with van der Waals surface area (Å²) in [5, 5.41) is 6.02. The van der Waals surface area contributed by atoms with E-state index in [0.29, 0.717) is 51.8 Å². The van der Waals surface area contributed by atoms with Gasteiger partial charge in [0.25, 0.3) is 5.91 Å². The number of anilines is 1. The number of methoxy groups -OCH3 is 2. The van der Waals surface area contributed by atoms with Crippen LogP contribution in [0, 0.1) is 5.82 Å². The number of hydrogen-bond donors (Lipinski definition) is 2. The van der Waals surface area contributed by atoms with Crippen LogP contribution in [0.25, 0.3) is 10.9 Å². The van der Waals surface area contributed by atoms with Crippen LogP contribution >= 0.6 is 12.2 Å². The van der Waals surface area contributed by atoms with Crippen molar-refractivity contribution in [3.8, 4) is 28.7 Å². The Morgan fingerprint density at radius 1 is 0.946 bits per heavy atom. The quantitative estimate of drug-likeness (QED) is 0.285. The minimum atomic E-state index is -0.629. The number of nitrogens with one attached hydrogen (secondary N) is 2. The standard InChI is InChI=1S/C27H24FN3O5S/c1-4-35-18-8-5-16(6-9-18)26(32)31-27(37)30-17-7-10-23(20(28)13-17)36-22-11-12-29-21-15-25(34-3)24(33-2)14-19(21)22/h5-15H,4H2,1-3H3,(H2,30,31,32,37). The number of benzene rings is 3. The van der Waals surface area contributed by atoms with E-state index in [4.69, 9.17) is 31.2 Å². The highest BCUT2D eigenvalue weighted by Gasteiger charge is 2.14. The molecule has 8 nitrogen and oxygen atoms in total. The topological polar surface area (TPSA) is 90.9 Å². The summed E-state index contributed by atoms with van der Waals surface area (Å²) in [5.41, 5.74) is 1.34. The first kappa shape index (κ1) is 25.6. The number of carbonyl (C=O) groups is 1. The number of hydrogen-bond acceptors (Lipinski definition) is 7. The average Bonchev–Trinajstić information content (AvgIpc) is 2.90. The first-order valence-corrected chi connectivity index (χ1v) is 11.7. The van der Waals surface area contributed by atoms with Crippen LogP contribution < -0.4 is 29.6 Å². The highest BCUT2D eigenvalue weighted by Crippen LogP contribution is 2.37. The van der Waals surface area contributed by atoms with Crippen LogP contribution in [0.1, 0.15) is 17.3 Å². The number of nitrogens with zero attached hydrogens (tertiary/aromatic N) is 1. The monoisotopic (exact) mass is 521 g/mol. The summed E-state index contributed by atoms with van der Waals surface area (Å²) in [6.45, 7) is 2.41. The van der Waals surface area contributed by atoms with Crippen molar-refractivity contribution in [3.05, 3.63) is 78.2 Å². The summed E-state index contributed by atoms with van der Waals surface area (Å²) in [5.74, 6) is 1.03. The minimum Gasteiger partial charge on any atom is -0.494 e. The number of fused-ring (bicyclic) bond motifs is 1. The number of rotatable bonds is 8. The molecule has 190 valence electrons. The lowest BCUT2D eigenvalue weighted by Crippen LogP contribution is -2.34. The van der Waals surface area contributed by atoms with Crippen LogP contribution in [0.15, 0.2) is 66.9 Å². The van der Waals surface area contributed by atoms with E-state index >= 15 is 0 Å².